The number of Topliss-reactive ketones (excluding diaryl/α,β-unsaturated/α-hetero) is 1. The number of ketones is 1. The number of carbonyl (C=O) groups excluding carboxylic acids is 3. The highest BCUT2D eigenvalue weighted by Crippen LogP contribution is 2.49. The van der Waals surface area contributed by atoms with E-state index in [0.717, 1.165) is 16.7 Å². The van der Waals surface area contributed by atoms with Crippen molar-refractivity contribution in [2.75, 3.05) is 5.32 Å². The highest BCUT2D eigenvalue weighted by atomic mass is 79.9. The number of aromatic nitrogens is 5. The normalized spacial score (nSPS) is 21.0. The van der Waals surface area contributed by atoms with Crippen molar-refractivity contribution in [3.05, 3.63) is 76.6 Å². The Labute approximate surface area is 245 Å². The van der Waals surface area contributed by atoms with Gasteiger partial charge in [-0.25, -0.2) is 15.0 Å². The van der Waals surface area contributed by atoms with Crippen LogP contribution in [-0.4, -0.2) is 59.3 Å². The zero-order valence-electron chi connectivity index (χ0n) is 23.1. The van der Waals surface area contributed by atoms with E-state index in [1.54, 1.807) is 22.0 Å². The Bertz CT molecular complexity index is 1760. The van der Waals surface area contributed by atoms with Crippen molar-refractivity contribution >= 4 is 50.2 Å². The van der Waals surface area contributed by atoms with Crippen LogP contribution in [0.2, 0.25) is 0 Å². The van der Waals surface area contributed by atoms with Crippen molar-refractivity contribution in [2.24, 2.45) is 5.41 Å². The van der Waals surface area contributed by atoms with Gasteiger partial charge in [-0.3, -0.25) is 19.1 Å². The van der Waals surface area contributed by atoms with Crippen LogP contribution < -0.4 is 5.32 Å². The van der Waals surface area contributed by atoms with Gasteiger partial charge in [0.05, 0.1) is 11.6 Å². The van der Waals surface area contributed by atoms with Crippen LogP contribution in [-0.2, 0) is 16.1 Å². The van der Waals surface area contributed by atoms with Gasteiger partial charge in [-0.15, -0.1) is 0 Å². The topological polar surface area (TPSA) is 123 Å². The van der Waals surface area contributed by atoms with Gasteiger partial charge in [-0.1, -0.05) is 31.2 Å². The maximum absolute atomic E-state index is 13.9. The van der Waals surface area contributed by atoms with Gasteiger partial charge < -0.3 is 10.2 Å². The van der Waals surface area contributed by atoms with Crippen LogP contribution >= 0.6 is 15.9 Å². The molecule has 1 aliphatic heterocycles. The second-order valence-corrected chi connectivity index (χ2v) is 11.7. The molecule has 0 bridgehead atoms. The number of likely N-dealkylation sites (tertiary alicyclic amines) is 1. The van der Waals surface area contributed by atoms with E-state index in [2.05, 4.69) is 54.3 Å². The summed E-state index contributed by atoms with van der Waals surface area (Å²) in [4.78, 5) is 54.6. The summed E-state index contributed by atoms with van der Waals surface area (Å²) in [5.41, 5.74) is 3.12. The number of anilines is 1. The number of amides is 2. The number of aryl methyl sites for hydroxylation is 2. The van der Waals surface area contributed by atoms with Gasteiger partial charge >= 0.3 is 0 Å². The van der Waals surface area contributed by atoms with E-state index >= 15 is 0 Å². The monoisotopic (exact) mass is 613 g/mol. The first kappa shape index (κ1) is 26.9. The first-order valence-corrected chi connectivity index (χ1v) is 14.1. The van der Waals surface area contributed by atoms with Crippen molar-refractivity contribution < 1.29 is 14.4 Å². The quantitative estimate of drug-likeness (QED) is 0.191. The Morgan fingerprint density at radius 1 is 1.10 bits per heavy atom. The number of hydrogen-bond acceptors (Lipinski definition) is 7. The maximum atomic E-state index is 13.9. The van der Waals surface area contributed by atoms with Crippen LogP contribution in [0.1, 0.15) is 42.1 Å². The van der Waals surface area contributed by atoms with E-state index in [1.165, 1.54) is 6.92 Å². The predicted octanol–water partition coefficient (Wildman–Crippen LogP) is 4.65. The molecule has 0 spiro atoms. The molecule has 1 saturated heterocycles. The second-order valence-electron chi connectivity index (χ2n) is 10.9. The van der Waals surface area contributed by atoms with Crippen LogP contribution in [0.4, 0.5) is 5.82 Å². The van der Waals surface area contributed by atoms with Gasteiger partial charge in [-0.05, 0) is 65.5 Å². The third-order valence-corrected chi connectivity index (χ3v) is 8.42. The number of hydrogen-bond donors (Lipinski definition) is 1. The van der Waals surface area contributed by atoms with E-state index < -0.39 is 6.04 Å². The second kappa shape index (κ2) is 9.99. The number of carbonyl (C=O) groups is 3. The van der Waals surface area contributed by atoms with Crippen molar-refractivity contribution in [1.82, 2.24) is 29.6 Å². The zero-order valence-corrected chi connectivity index (χ0v) is 24.6. The number of nitrogens with zero attached hydrogens (tertiary/aromatic N) is 6. The standard InChI is InChI=1S/C30H28BrN7O3/c1-16-5-8-25(31)34-28(16)35-29(41)23-12-30(4)10-9-24(30)38(23)26(40)15-37-22-7-6-19(20-13-32-18(3)33-14-20)11-21(22)27(36-37)17(2)39/h5-11,13-14,23-24H,12,15H2,1-4H3,(H,34,35,41)/t23-,24+,30+/m0/s1. The Morgan fingerprint density at radius 3 is 2.54 bits per heavy atom. The van der Waals surface area contributed by atoms with E-state index in [0.29, 0.717) is 33.6 Å². The number of nitrogens with one attached hydrogen (secondary N) is 1. The maximum Gasteiger partial charge on any atom is 0.248 e. The molecule has 3 atom stereocenters. The molecule has 0 radical (unpaired) electrons. The zero-order chi connectivity index (χ0) is 29.1. The summed E-state index contributed by atoms with van der Waals surface area (Å²) in [7, 11) is 0. The number of halogens is 1. The fraction of sp³-hybridized carbons (Fsp3) is 0.300. The molecule has 4 heterocycles. The lowest BCUT2D eigenvalue weighted by Crippen LogP contribution is -2.50. The summed E-state index contributed by atoms with van der Waals surface area (Å²) in [6.45, 7) is 7.08. The Morgan fingerprint density at radius 2 is 1.85 bits per heavy atom. The minimum absolute atomic E-state index is 0.116. The molecule has 10 nitrogen and oxygen atoms in total. The first-order chi connectivity index (χ1) is 19.5. The van der Waals surface area contributed by atoms with E-state index in [1.807, 2.05) is 50.3 Å². The Hall–Kier alpha value is -4.25. The smallest absolute Gasteiger partial charge is 0.248 e. The molecular formula is C30H28BrN7O3. The van der Waals surface area contributed by atoms with E-state index in [4.69, 9.17) is 0 Å². The van der Waals surface area contributed by atoms with Gasteiger partial charge in [0.2, 0.25) is 11.8 Å². The van der Waals surface area contributed by atoms with Crippen LogP contribution in [0.15, 0.2) is 59.5 Å². The molecule has 1 aliphatic carbocycles. The molecule has 2 amide bonds. The van der Waals surface area contributed by atoms with Gasteiger partial charge in [0.25, 0.3) is 0 Å². The lowest BCUT2D eigenvalue weighted by atomic mass is 9.73. The average molecular weight is 615 g/mol. The summed E-state index contributed by atoms with van der Waals surface area (Å²) in [5.74, 6) is 0.373. The summed E-state index contributed by atoms with van der Waals surface area (Å²) in [5, 5.41) is 8.11. The van der Waals surface area contributed by atoms with Crippen LogP contribution in [0.5, 0.6) is 0 Å². The lowest BCUT2D eigenvalue weighted by Gasteiger charge is -2.38. The van der Waals surface area contributed by atoms with E-state index in [-0.39, 0.29) is 41.3 Å². The first-order valence-electron chi connectivity index (χ1n) is 13.3. The lowest BCUT2D eigenvalue weighted by molar-refractivity contribution is -0.139. The number of pyridine rings is 1. The summed E-state index contributed by atoms with van der Waals surface area (Å²) in [6.07, 6.45) is 7.99. The third-order valence-electron chi connectivity index (χ3n) is 7.98. The van der Waals surface area contributed by atoms with E-state index in [9.17, 15) is 14.4 Å². The van der Waals surface area contributed by atoms with Gasteiger partial charge in [-0.2, -0.15) is 5.10 Å². The summed E-state index contributed by atoms with van der Waals surface area (Å²) in [6, 6.07) is 8.40. The Balaban J connectivity index is 1.31. The highest BCUT2D eigenvalue weighted by Gasteiger charge is 2.55. The molecule has 6 rings (SSSR count). The fourth-order valence-electron chi connectivity index (χ4n) is 5.69. The molecule has 1 N–H and O–H groups in total. The largest absolute Gasteiger partial charge is 0.322 e. The third kappa shape index (κ3) is 4.73. The molecule has 1 aromatic carbocycles. The predicted molar refractivity (Wildman–Crippen MR) is 157 cm³/mol. The molecule has 41 heavy (non-hydrogen) atoms. The SMILES string of the molecule is CC(=O)c1nn(CC(=O)N2[C@H](C(=O)Nc3nc(Br)ccc3C)C[C@@]3(C)C=C[C@@H]23)c2ccc(-c3cnc(C)nc3)cc12. The molecule has 1 fully saturated rings. The molecule has 0 unspecified atom stereocenters. The molecule has 4 aromatic rings. The van der Waals surface area contributed by atoms with Gasteiger partial charge in [0, 0.05) is 35.7 Å². The number of fused-ring (bicyclic) bond motifs is 2. The fourth-order valence-corrected chi connectivity index (χ4v) is 6.00. The molecule has 11 heteroatoms. The molecule has 0 saturated carbocycles. The average Bonchev–Trinajstić information content (AvgIpc) is 3.39. The van der Waals surface area contributed by atoms with Crippen molar-refractivity contribution in [1.29, 1.82) is 0 Å². The van der Waals surface area contributed by atoms with Crippen LogP contribution in [0.25, 0.3) is 22.0 Å². The summed E-state index contributed by atoms with van der Waals surface area (Å²) >= 11 is 3.35. The van der Waals surface area contributed by atoms with Gasteiger partial charge in [0.15, 0.2) is 5.78 Å². The minimum atomic E-state index is -0.685. The van der Waals surface area contributed by atoms with Crippen molar-refractivity contribution in [3.8, 4) is 11.1 Å². The van der Waals surface area contributed by atoms with Crippen molar-refractivity contribution in [3.63, 3.8) is 0 Å². The minimum Gasteiger partial charge on any atom is -0.322 e. The highest BCUT2D eigenvalue weighted by molar-refractivity contribution is 9.10. The van der Waals surface area contributed by atoms with Gasteiger partial charge in [0.1, 0.15) is 34.5 Å². The molecule has 2 aliphatic rings. The summed E-state index contributed by atoms with van der Waals surface area (Å²) < 4.78 is 2.16. The molecular weight excluding hydrogens is 586 g/mol. The van der Waals surface area contributed by atoms with Crippen LogP contribution in [0.3, 0.4) is 0 Å². The van der Waals surface area contributed by atoms with Crippen molar-refractivity contribution in [2.45, 2.75) is 52.7 Å². The molecule has 208 valence electrons. The molecule has 3 aromatic heterocycles. The Kier molecular flexibility index (Phi) is 6.56. The van der Waals surface area contributed by atoms with Crippen LogP contribution in [0, 0.1) is 19.3 Å². The number of benzene rings is 1. The number of rotatable bonds is 6.